The molecule has 9 nitrogen and oxygen atoms in total. The minimum atomic E-state index is -4.70. The van der Waals surface area contributed by atoms with Crippen LogP contribution in [0.25, 0.3) is 0 Å². The van der Waals surface area contributed by atoms with Gasteiger partial charge in [0.25, 0.3) is 5.91 Å². The van der Waals surface area contributed by atoms with Crippen molar-refractivity contribution >= 4 is 34.9 Å². The van der Waals surface area contributed by atoms with Gasteiger partial charge in [0.2, 0.25) is 5.91 Å². The third-order valence-electron chi connectivity index (χ3n) is 7.58. The number of carbonyl (C=O) groups is 2. The summed E-state index contributed by atoms with van der Waals surface area (Å²) in [6.07, 6.45) is -5.67. The van der Waals surface area contributed by atoms with Crippen LogP contribution < -0.4 is 9.80 Å². The number of piperazine rings is 1. The van der Waals surface area contributed by atoms with E-state index in [9.17, 15) is 36.6 Å². The summed E-state index contributed by atoms with van der Waals surface area (Å²) in [5.41, 5.74) is -1.32. The number of alkyl halides is 3. The molecule has 1 unspecified atom stereocenters. The predicted molar refractivity (Wildman–Crippen MR) is 146 cm³/mol. The monoisotopic (exact) mass is 618 g/mol. The van der Waals surface area contributed by atoms with Crippen LogP contribution in [0.15, 0.2) is 24.3 Å². The zero-order valence-corrected chi connectivity index (χ0v) is 24.1. The van der Waals surface area contributed by atoms with Crippen molar-refractivity contribution in [3.05, 3.63) is 52.2 Å². The average Bonchev–Trinajstić information content (AvgIpc) is 3.26. The highest BCUT2D eigenvalue weighted by Crippen LogP contribution is 2.35. The Morgan fingerprint density at radius 3 is 2.40 bits per heavy atom. The van der Waals surface area contributed by atoms with Gasteiger partial charge in [-0.3, -0.25) is 19.4 Å². The number of amides is 2. The van der Waals surface area contributed by atoms with Crippen LogP contribution in [0.3, 0.4) is 0 Å². The number of nitrogens with zero attached hydrogens (tertiary/aromatic N) is 6. The first kappa shape index (κ1) is 31.9. The van der Waals surface area contributed by atoms with Crippen molar-refractivity contribution in [3.8, 4) is 0 Å². The van der Waals surface area contributed by atoms with E-state index >= 15 is 0 Å². The summed E-state index contributed by atoms with van der Waals surface area (Å²) in [4.78, 5) is 36.9. The second-order valence-corrected chi connectivity index (χ2v) is 10.8. The second kappa shape index (κ2) is 12.7. The predicted octanol–water partition coefficient (Wildman–Crippen LogP) is 3.32. The smallest absolute Gasteiger partial charge is 0.361 e. The van der Waals surface area contributed by atoms with Crippen LogP contribution in [-0.4, -0.2) is 102 Å². The Kier molecular flexibility index (Phi) is 9.60. The quantitative estimate of drug-likeness (QED) is 0.377. The number of rotatable bonds is 7. The van der Waals surface area contributed by atoms with Crippen molar-refractivity contribution in [2.24, 2.45) is 0 Å². The number of benzene rings is 1. The van der Waals surface area contributed by atoms with Crippen molar-refractivity contribution in [1.29, 1.82) is 0 Å². The number of hydrogen-bond donors (Lipinski definition) is 1. The highest BCUT2D eigenvalue weighted by Gasteiger charge is 2.45. The van der Waals surface area contributed by atoms with Gasteiger partial charge in [-0.25, -0.2) is 13.8 Å². The number of aliphatic hydroxyl groups excluding tert-OH is 1. The molecular weight excluding hydrogens is 587 g/mol. The van der Waals surface area contributed by atoms with E-state index in [4.69, 9.17) is 11.6 Å². The second-order valence-electron chi connectivity index (χ2n) is 10.4. The summed E-state index contributed by atoms with van der Waals surface area (Å²) in [7, 11) is 1.23. The van der Waals surface area contributed by atoms with Crippen LogP contribution in [0.1, 0.15) is 24.6 Å². The van der Waals surface area contributed by atoms with Gasteiger partial charge in [-0.15, -0.1) is 0 Å². The topological polar surface area (TPSA) is 83.5 Å². The Bertz CT molecular complexity index is 1320. The first-order valence-corrected chi connectivity index (χ1v) is 13.7. The average molecular weight is 619 g/mol. The molecule has 230 valence electrons. The summed E-state index contributed by atoms with van der Waals surface area (Å²) < 4.78 is 69.4. The molecule has 2 aliphatic heterocycles. The van der Waals surface area contributed by atoms with E-state index in [1.165, 1.54) is 25.8 Å². The molecule has 1 aromatic heterocycles. The van der Waals surface area contributed by atoms with Crippen molar-refractivity contribution in [3.63, 3.8) is 0 Å². The Balaban J connectivity index is 1.57. The molecule has 2 amide bonds. The maximum atomic E-state index is 14.8. The molecule has 0 bridgehead atoms. The van der Waals surface area contributed by atoms with Gasteiger partial charge >= 0.3 is 6.18 Å². The van der Waals surface area contributed by atoms with Crippen molar-refractivity contribution < 1.29 is 36.6 Å². The maximum Gasteiger partial charge on any atom is 0.416 e. The van der Waals surface area contributed by atoms with Gasteiger partial charge in [0, 0.05) is 58.9 Å². The van der Waals surface area contributed by atoms with Crippen LogP contribution in [0.2, 0.25) is 5.02 Å². The summed E-state index contributed by atoms with van der Waals surface area (Å²) in [6, 6.07) is 2.27. The van der Waals surface area contributed by atoms with Crippen LogP contribution in [-0.2, 0) is 15.8 Å². The van der Waals surface area contributed by atoms with Gasteiger partial charge in [0.05, 0.1) is 11.3 Å². The third-order valence-corrected chi connectivity index (χ3v) is 7.93. The lowest BCUT2D eigenvalue weighted by atomic mass is 10.1. The van der Waals surface area contributed by atoms with Gasteiger partial charge in [0.1, 0.15) is 22.7 Å². The number of halogens is 6. The Labute approximate surface area is 245 Å². The number of carbonyl (C=O) groups excluding carboxylic acids is 2. The summed E-state index contributed by atoms with van der Waals surface area (Å²) >= 11 is 5.70. The molecule has 1 aromatic carbocycles. The van der Waals surface area contributed by atoms with Crippen LogP contribution in [0, 0.1) is 18.6 Å². The number of pyridine rings is 1. The Morgan fingerprint density at radius 1 is 1.12 bits per heavy atom. The molecule has 0 aliphatic carbocycles. The van der Waals surface area contributed by atoms with Crippen LogP contribution in [0.5, 0.6) is 0 Å². The fraction of sp³-hybridized carbons (Fsp3) is 0.519. The number of aryl methyl sites for hydroxylation is 1. The van der Waals surface area contributed by atoms with Gasteiger partial charge in [-0.2, -0.15) is 13.2 Å². The minimum Gasteiger partial charge on any atom is -0.361 e. The number of anilines is 2. The Morgan fingerprint density at radius 2 is 1.79 bits per heavy atom. The van der Waals surface area contributed by atoms with Crippen molar-refractivity contribution in [2.45, 2.75) is 38.8 Å². The zero-order valence-electron chi connectivity index (χ0n) is 23.3. The van der Waals surface area contributed by atoms with Crippen molar-refractivity contribution in [2.75, 3.05) is 62.7 Å². The van der Waals surface area contributed by atoms with E-state index in [2.05, 4.69) is 9.88 Å². The molecule has 2 fully saturated rings. The van der Waals surface area contributed by atoms with Crippen LogP contribution in [0.4, 0.5) is 33.5 Å². The molecule has 2 saturated heterocycles. The molecule has 2 aromatic rings. The minimum absolute atomic E-state index is 0.0110. The Hall–Kier alpha value is -3.07. The highest BCUT2D eigenvalue weighted by atomic mass is 35.5. The van der Waals surface area contributed by atoms with Crippen molar-refractivity contribution in [1.82, 2.24) is 19.7 Å². The van der Waals surface area contributed by atoms with Gasteiger partial charge in [-0.05, 0) is 44.2 Å². The summed E-state index contributed by atoms with van der Waals surface area (Å²) in [5, 5.41) is 10.5. The van der Waals surface area contributed by atoms with E-state index in [1.54, 1.807) is 4.90 Å². The van der Waals surface area contributed by atoms with E-state index < -0.39 is 46.7 Å². The van der Waals surface area contributed by atoms with Gasteiger partial charge < -0.3 is 19.8 Å². The lowest BCUT2D eigenvalue weighted by Gasteiger charge is -2.34. The maximum absolute atomic E-state index is 14.8. The molecule has 3 heterocycles. The summed E-state index contributed by atoms with van der Waals surface area (Å²) in [6.45, 7) is 6.26. The van der Waals surface area contributed by atoms with Crippen LogP contribution >= 0.6 is 11.6 Å². The number of hydrogen-bond acceptors (Lipinski definition) is 7. The van der Waals surface area contributed by atoms with E-state index in [1.807, 2.05) is 0 Å². The third kappa shape index (κ3) is 6.77. The number of likely N-dealkylation sites (N-methyl/N-ethyl adjacent to an activating group) is 1. The molecule has 42 heavy (non-hydrogen) atoms. The van der Waals surface area contributed by atoms with E-state index in [0.717, 1.165) is 34.1 Å². The zero-order chi connectivity index (χ0) is 30.9. The fourth-order valence-corrected chi connectivity index (χ4v) is 5.43. The standard InChI is InChI=1S/C27H32ClF5N6O3/c1-16-13-18(27(31,32)33)14-22(34-16)39-21(25(41)35(3)20-6-5-19(29)23(28)24(20)30)15-38(26(39)42)8-4-7-36-9-11-37(12-10-36)17(2)40/h5-6,13-14,21,26,42H,4,7-12,15H2,1-3H3/t21-,26?/m0/s1. The summed E-state index contributed by atoms with van der Waals surface area (Å²) in [5.74, 6) is -3.23. The SMILES string of the molecule is CC(=O)N1CCN(CCCN2C[C@@H](C(=O)N(C)c3ccc(F)c(Cl)c3F)N(c3cc(C(F)(F)F)cc(C)n3)C2O)CC1. The molecule has 0 spiro atoms. The highest BCUT2D eigenvalue weighted by molar-refractivity contribution is 6.31. The van der Waals surface area contributed by atoms with Gasteiger partial charge in [-0.1, -0.05) is 11.6 Å². The molecule has 2 atom stereocenters. The molecule has 1 N–H and O–H groups in total. The first-order valence-electron chi connectivity index (χ1n) is 13.3. The van der Waals surface area contributed by atoms with E-state index in [-0.39, 0.29) is 36.2 Å². The molecule has 15 heteroatoms. The number of aromatic nitrogens is 1. The number of aliphatic hydroxyl groups is 1. The molecule has 0 radical (unpaired) electrons. The molecule has 2 aliphatic rings. The van der Waals surface area contributed by atoms with E-state index in [0.29, 0.717) is 39.1 Å². The molecular formula is C27H32ClF5N6O3. The molecule has 4 rings (SSSR count). The normalized spacial score (nSPS) is 20.3. The molecule has 0 saturated carbocycles. The lowest BCUT2D eigenvalue weighted by molar-refractivity contribution is -0.137. The van der Waals surface area contributed by atoms with Gasteiger partial charge in [0.15, 0.2) is 12.2 Å². The lowest BCUT2D eigenvalue weighted by Crippen LogP contribution is -2.49. The fourth-order valence-electron chi connectivity index (χ4n) is 5.27. The first-order chi connectivity index (χ1) is 19.7. The largest absolute Gasteiger partial charge is 0.416 e.